The third-order valence-electron chi connectivity index (χ3n) is 4.73. The van der Waals surface area contributed by atoms with E-state index in [-0.39, 0.29) is 0 Å². The molecule has 0 aliphatic carbocycles. The van der Waals surface area contributed by atoms with Crippen LogP contribution in [0.3, 0.4) is 0 Å². The minimum atomic E-state index is 0.584. The molecule has 4 aromatic rings. The van der Waals surface area contributed by atoms with Crippen LogP contribution in [0.2, 0.25) is 0 Å². The van der Waals surface area contributed by atoms with Gasteiger partial charge in [-0.05, 0) is 29.3 Å². The van der Waals surface area contributed by atoms with E-state index in [9.17, 15) is 0 Å². The lowest BCUT2D eigenvalue weighted by atomic mass is 10.0. The first-order chi connectivity index (χ1) is 14.7. The van der Waals surface area contributed by atoms with Gasteiger partial charge in [-0.2, -0.15) is 5.26 Å². The van der Waals surface area contributed by atoms with E-state index in [2.05, 4.69) is 17.5 Å². The molecule has 0 spiro atoms. The average Bonchev–Trinajstić information content (AvgIpc) is 2.84. The molecular weight excluding hydrogens is 368 g/mol. The van der Waals surface area contributed by atoms with Crippen molar-refractivity contribution in [2.75, 3.05) is 0 Å². The van der Waals surface area contributed by atoms with Crippen LogP contribution >= 0.6 is 0 Å². The largest absolute Gasteiger partial charge is 0.238 e. The summed E-state index contributed by atoms with van der Waals surface area (Å²) in [4.78, 5) is 13.0. The second-order valence-corrected chi connectivity index (χ2v) is 6.64. The van der Waals surface area contributed by atoms with E-state index < -0.39 is 0 Å². The zero-order valence-electron chi connectivity index (χ0n) is 16.1. The number of nitrogens with zero attached hydrogens (tertiary/aromatic N) is 4. The third kappa shape index (κ3) is 3.85. The molecule has 0 N–H and O–H groups in total. The van der Waals surface area contributed by atoms with Gasteiger partial charge in [-0.3, -0.25) is 0 Å². The molecule has 0 unspecified atom stereocenters. The van der Waals surface area contributed by atoms with Crippen molar-refractivity contribution in [2.45, 2.75) is 0 Å². The van der Waals surface area contributed by atoms with Crippen molar-refractivity contribution >= 4 is 11.8 Å². The van der Waals surface area contributed by atoms with Gasteiger partial charge in [-0.1, -0.05) is 73.3 Å². The second-order valence-electron chi connectivity index (χ2n) is 6.64. The van der Waals surface area contributed by atoms with E-state index in [0.717, 1.165) is 33.6 Å². The van der Waals surface area contributed by atoms with Crippen molar-refractivity contribution in [1.29, 1.82) is 5.26 Å². The quantitative estimate of drug-likeness (QED) is 0.375. The lowest BCUT2D eigenvalue weighted by Gasteiger charge is -2.10. The summed E-state index contributed by atoms with van der Waals surface area (Å²) in [7, 11) is 0. The van der Waals surface area contributed by atoms with Crippen LogP contribution in [-0.4, -0.2) is 9.97 Å². The summed E-state index contributed by atoms with van der Waals surface area (Å²) in [5.41, 5.74) is 6.45. The maximum Gasteiger partial charge on any atom is 0.187 e. The Hall–Kier alpha value is -4.54. The van der Waals surface area contributed by atoms with Crippen LogP contribution in [0.5, 0.6) is 0 Å². The minimum Gasteiger partial charge on any atom is -0.238 e. The molecule has 4 heteroatoms. The number of rotatable bonds is 4. The summed E-state index contributed by atoms with van der Waals surface area (Å²) in [5, 5.41) is 9.07. The fourth-order valence-corrected chi connectivity index (χ4v) is 3.06. The lowest BCUT2D eigenvalue weighted by Crippen LogP contribution is -1.96. The van der Waals surface area contributed by atoms with Gasteiger partial charge in [-0.25, -0.2) is 14.8 Å². The molecule has 4 nitrogen and oxygen atoms in total. The molecular formula is C26H16N4. The van der Waals surface area contributed by atoms with Crippen LogP contribution in [0.1, 0.15) is 11.1 Å². The number of benzene rings is 3. The van der Waals surface area contributed by atoms with Crippen LogP contribution in [0.15, 0.2) is 85.4 Å². The third-order valence-corrected chi connectivity index (χ3v) is 4.73. The Morgan fingerprint density at radius 1 is 0.800 bits per heavy atom. The first kappa shape index (κ1) is 18.8. The molecule has 0 saturated heterocycles. The molecule has 1 heterocycles. The number of hydrogen-bond donors (Lipinski definition) is 0. The van der Waals surface area contributed by atoms with Gasteiger partial charge in [-0.15, -0.1) is 0 Å². The van der Waals surface area contributed by atoms with Gasteiger partial charge in [0.15, 0.2) is 11.5 Å². The number of hydrogen-bond acceptors (Lipinski definition) is 3. The van der Waals surface area contributed by atoms with Gasteiger partial charge < -0.3 is 0 Å². The Kier molecular flexibility index (Phi) is 5.16. The Morgan fingerprint density at radius 2 is 1.33 bits per heavy atom. The molecule has 0 bridgehead atoms. The van der Waals surface area contributed by atoms with E-state index in [0.29, 0.717) is 17.1 Å². The van der Waals surface area contributed by atoms with Gasteiger partial charge in [0.2, 0.25) is 0 Å². The predicted octanol–water partition coefficient (Wildman–Crippen LogP) is 6.54. The Morgan fingerprint density at radius 3 is 1.83 bits per heavy atom. The van der Waals surface area contributed by atoms with Crippen molar-refractivity contribution in [2.24, 2.45) is 0 Å². The molecule has 0 radical (unpaired) electrons. The highest BCUT2D eigenvalue weighted by Crippen LogP contribution is 2.29. The second kappa shape index (κ2) is 8.22. The van der Waals surface area contributed by atoms with Crippen LogP contribution in [0.25, 0.3) is 44.8 Å². The van der Waals surface area contributed by atoms with Gasteiger partial charge in [0.05, 0.1) is 29.6 Å². The van der Waals surface area contributed by atoms with Gasteiger partial charge >= 0.3 is 0 Å². The van der Waals surface area contributed by atoms with Crippen molar-refractivity contribution < 1.29 is 0 Å². The molecule has 30 heavy (non-hydrogen) atoms. The van der Waals surface area contributed by atoms with Crippen LogP contribution < -0.4 is 0 Å². The predicted molar refractivity (Wildman–Crippen MR) is 119 cm³/mol. The maximum atomic E-state index is 9.07. The number of nitriles is 1. The molecule has 4 rings (SSSR count). The zero-order chi connectivity index (χ0) is 20.9. The van der Waals surface area contributed by atoms with E-state index in [1.165, 1.54) is 0 Å². The van der Waals surface area contributed by atoms with Crippen LogP contribution in [0.4, 0.5) is 5.69 Å². The molecule has 0 aliphatic rings. The van der Waals surface area contributed by atoms with E-state index in [4.69, 9.17) is 21.8 Å². The lowest BCUT2D eigenvalue weighted by molar-refractivity contribution is 1.18. The first-order valence-corrected chi connectivity index (χ1v) is 9.30. The number of aromatic nitrogens is 2. The molecule has 3 aromatic carbocycles. The molecule has 1 aromatic heterocycles. The zero-order valence-corrected chi connectivity index (χ0v) is 16.1. The fourth-order valence-electron chi connectivity index (χ4n) is 3.06. The monoisotopic (exact) mass is 384 g/mol. The van der Waals surface area contributed by atoms with Gasteiger partial charge in [0, 0.05) is 11.1 Å². The van der Waals surface area contributed by atoms with Gasteiger partial charge in [0.1, 0.15) is 0 Å². The summed E-state index contributed by atoms with van der Waals surface area (Å²) in [6, 6.07) is 26.6. The summed E-state index contributed by atoms with van der Waals surface area (Å²) in [6.07, 6.45) is 1.79. The Bertz CT molecular complexity index is 1210. The summed E-state index contributed by atoms with van der Waals surface area (Å²) in [6.45, 7) is 10.9. The Labute approximate surface area is 175 Å². The Balaban J connectivity index is 1.86. The van der Waals surface area contributed by atoms with Crippen LogP contribution in [-0.2, 0) is 0 Å². The van der Waals surface area contributed by atoms with Crippen molar-refractivity contribution in [1.82, 2.24) is 9.97 Å². The summed E-state index contributed by atoms with van der Waals surface area (Å²) >= 11 is 0. The van der Waals surface area contributed by atoms with Crippen molar-refractivity contribution in [3.63, 3.8) is 0 Å². The smallest absolute Gasteiger partial charge is 0.187 e. The standard InChI is InChI=1S/C26H16N4/c1-3-18-4-10-22(11-5-18)26-29-24(20-8-6-19(17-27)7-9-20)16-25(30-26)21-12-14-23(28-2)15-13-21/h3-16H,1H2. The minimum absolute atomic E-state index is 0.584. The highest BCUT2D eigenvalue weighted by molar-refractivity contribution is 5.73. The molecule has 0 amide bonds. The molecule has 140 valence electrons. The summed E-state index contributed by atoms with van der Waals surface area (Å²) in [5.74, 6) is 0.608. The summed E-state index contributed by atoms with van der Waals surface area (Å²) < 4.78 is 0. The van der Waals surface area contributed by atoms with Crippen molar-refractivity contribution in [3.05, 3.63) is 108 Å². The van der Waals surface area contributed by atoms with E-state index >= 15 is 0 Å². The first-order valence-electron chi connectivity index (χ1n) is 9.30. The normalized spacial score (nSPS) is 10.1. The topological polar surface area (TPSA) is 53.9 Å². The highest BCUT2D eigenvalue weighted by atomic mass is 14.9. The SMILES string of the molecule is [C-]#[N+]c1ccc(-c2cc(-c3ccc(C#N)cc3)nc(-c3ccc(C=C)cc3)n2)cc1. The highest BCUT2D eigenvalue weighted by Gasteiger charge is 2.11. The maximum absolute atomic E-state index is 9.07. The average molecular weight is 384 g/mol. The van der Waals surface area contributed by atoms with E-state index in [1.807, 2.05) is 54.6 Å². The van der Waals surface area contributed by atoms with Crippen molar-refractivity contribution in [3.8, 4) is 40.0 Å². The van der Waals surface area contributed by atoms with Crippen LogP contribution in [0, 0.1) is 17.9 Å². The molecule has 0 fully saturated rings. The fraction of sp³-hybridized carbons (Fsp3) is 0. The molecule has 0 atom stereocenters. The van der Waals surface area contributed by atoms with E-state index in [1.54, 1.807) is 30.3 Å². The van der Waals surface area contributed by atoms with Gasteiger partial charge in [0.25, 0.3) is 0 Å². The molecule has 0 aliphatic heterocycles. The molecule has 0 saturated carbocycles.